The topological polar surface area (TPSA) is 61.4 Å². The zero-order valence-electron chi connectivity index (χ0n) is 12.1. The highest BCUT2D eigenvalue weighted by molar-refractivity contribution is 7.10. The molecule has 2 rings (SSSR count). The fourth-order valence-corrected chi connectivity index (χ4v) is 2.72. The van der Waals surface area contributed by atoms with Crippen LogP contribution >= 0.6 is 11.3 Å². The summed E-state index contributed by atoms with van der Waals surface area (Å²) in [6.07, 6.45) is -4.56. The highest BCUT2D eigenvalue weighted by Gasteiger charge is 2.33. The van der Waals surface area contributed by atoms with Gasteiger partial charge in [-0.25, -0.2) is 4.79 Å². The van der Waals surface area contributed by atoms with E-state index in [1.807, 2.05) is 0 Å². The number of benzene rings is 1. The van der Waals surface area contributed by atoms with Crippen LogP contribution in [0.1, 0.15) is 17.4 Å². The van der Waals surface area contributed by atoms with Crippen LogP contribution in [-0.2, 0) is 11.8 Å². The average Bonchev–Trinajstić information content (AvgIpc) is 3.00. The van der Waals surface area contributed by atoms with Crippen LogP contribution in [-0.4, -0.2) is 17.7 Å². The van der Waals surface area contributed by atoms with Gasteiger partial charge in [0.05, 0.1) is 17.8 Å². The number of aliphatic hydroxyl groups is 1. The van der Waals surface area contributed by atoms with E-state index in [4.69, 9.17) is 0 Å². The first-order chi connectivity index (χ1) is 10.7. The summed E-state index contributed by atoms with van der Waals surface area (Å²) >= 11 is 1.32. The first kappa shape index (κ1) is 17.3. The largest absolute Gasteiger partial charge is 0.418 e. The maximum absolute atomic E-state index is 12.8. The summed E-state index contributed by atoms with van der Waals surface area (Å²) in [4.78, 5) is 12.5. The molecule has 23 heavy (non-hydrogen) atoms. The third-order valence-corrected chi connectivity index (χ3v) is 4.25. The van der Waals surface area contributed by atoms with Gasteiger partial charge in [0, 0.05) is 4.88 Å². The molecule has 1 aromatic carbocycles. The number of hydrogen-bond donors (Lipinski definition) is 3. The van der Waals surface area contributed by atoms with Crippen molar-refractivity contribution in [2.45, 2.75) is 18.7 Å². The molecular formula is C15H15F3N2O2S. The monoisotopic (exact) mass is 344 g/mol. The summed E-state index contributed by atoms with van der Waals surface area (Å²) in [5, 5.41) is 16.6. The highest BCUT2D eigenvalue weighted by Crippen LogP contribution is 2.34. The SMILES string of the molecule is CC(O)(CNC(=O)Nc1ccccc1C(F)(F)F)c1cccs1. The first-order valence-electron chi connectivity index (χ1n) is 6.67. The van der Waals surface area contributed by atoms with E-state index < -0.39 is 23.4 Å². The van der Waals surface area contributed by atoms with Crippen LogP contribution in [0.3, 0.4) is 0 Å². The van der Waals surface area contributed by atoms with Gasteiger partial charge in [-0.2, -0.15) is 13.2 Å². The second kappa shape index (κ2) is 6.59. The number of anilines is 1. The zero-order chi connectivity index (χ0) is 17.1. The molecule has 0 bridgehead atoms. The van der Waals surface area contributed by atoms with Crippen molar-refractivity contribution in [3.05, 3.63) is 52.2 Å². The second-order valence-electron chi connectivity index (χ2n) is 5.10. The van der Waals surface area contributed by atoms with Gasteiger partial charge in [0.1, 0.15) is 5.60 Å². The molecule has 124 valence electrons. The van der Waals surface area contributed by atoms with E-state index in [1.165, 1.54) is 36.5 Å². The third kappa shape index (κ3) is 4.46. The molecule has 0 spiro atoms. The van der Waals surface area contributed by atoms with Gasteiger partial charge in [0.25, 0.3) is 0 Å². The summed E-state index contributed by atoms with van der Waals surface area (Å²) < 4.78 is 38.5. The Balaban J connectivity index is 2.01. The number of rotatable bonds is 4. The Hall–Kier alpha value is -2.06. The lowest BCUT2D eigenvalue weighted by Gasteiger charge is -2.22. The fourth-order valence-electron chi connectivity index (χ4n) is 1.93. The Kier molecular flexibility index (Phi) is 4.96. The Bertz CT molecular complexity index is 670. The average molecular weight is 344 g/mol. The van der Waals surface area contributed by atoms with E-state index in [2.05, 4.69) is 10.6 Å². The van der Waals surface area contributed by atoms with Gasteiger partial charge in [0.2, 0.25) is 0 Å². The normalized spacial score (nSPS) is 14.1. The summed E-state index contributed by atoms with van der Waals surface area (Å²) in [7, 11) is 0. The lowest BCUT2D eigenvalue weighted by Crippen LogP contribution is -2.40. The van der Waals surface area contributed by atoms with Gasteiger partial charge < -0.3 is 15.7 Å². The fraction of sp³-hybridized carbons (Fsp3) is 0.267. The number of para-hydroxylation sites is 1. The number of alkyl halides is 3. The zero-order valence-corrected chi connectivity index (χ0v) is 13.0. The van der Waals surface area contributed by atoms with E-state index >= 15 is 0 Å². The first-order valence-corrected chi connectivity index (χ1v) is 7.55. The second-order valence-corrected chi connectivity index (χ2v) is 6.05. The van der Waals surface area contributed by atoms with Crippen LogP contribution in [0.25, 0.3) is 0 Å². The Morgan fingerprint density at radius 1 is 1.22 bits per heavy atom. The Labute approximate surface area is 135 Å². The molecule has 8 heteroatoms. The maximum Gasteiger partial charge on any atom is 0.418 e. The molecule has 1 atom stereocenters. The lowest BCUT2D eigenvalue weighted by molar-refractivity contribution is -0.136. The van der Waals surface area contributed by atoms with Crippen molar-refractivity contribution in [3.63, 3.8) is 0 Å². The number of hydrogen-bond acceptors (Lipinski definition) is 3. The predicted octanol–water partition coefficient (Wildman–Crippen LogP) is 3.80. The summed E-state index contributed by atoms with van der Waals surface area (Å²) in [6, 6.07) is 7.34. The predicted molar refractivity (Wildman–Crippen MR) is 82.4 cm³/mol. The minimum atomic E-state index is -4.56. The molecule has 1 unspecified atom stereocenters. The van der Waals surface area contributed by atoms with Crippen molar-refractivity contribution in [2.24, 2.45) is 0 Å². The number of carbonyl (C=O) groups is 1. The molecule has 0 saturated carbocycles. The lowest BCUT2D eigenvalue weighted by atomic mass is 10.1. The molecular weight excluding hydrogens is 329 g/mol. The molecule has 1 aromatic heterocycles. The van der Waals surface area contributed by atoms with Crippen molar-refractivity contribution in [3.8, 4) is 0 Å². The van der Waals surface area contributed by atoms with Crippen molar-refractivity contribution >= 4 is 23.1 Å². The minimum absolute atomic E-state index is 0.131. The van der Waals surface area contributed by atoms with E-state index in [0.717, 1.165) is 6.07 Å². The summed E-state index contributed by atoms with van der Waals surface area (Å²) in [5.74, 6) is 0. The third-order valence-electron chi connectivity index (χ3n) is 3.13. The summed E-state index contributed by atoms with van der Waals surface area (Å²) in [6.45, 7) is 1.39. The molecule has 0 aliphatic heterocycles. The molecule has 0 aliphatic rings. The number of halogens is 3. The van der Waals surface area contributed by atoms with E-state index in [1.54, 1.807) is 17.5 Å². The van der Waals surface area contributed by atoms with Gasteiger partial charge in [-0.1, -0.05) is 18.2 Å². The Morgan fingerprint density at radius 2 is 1.91 bits per heavy atom. The number of urea groups is 1. The molecule has 4 nitrogen and oxygen atoms in total. The smallest absolute Gasteiger partial charge is 0.383 e. The highest BCUT2D eigenvalue weighted by atomic mass is 32.1. The quantitative estimate of drug-likeness (QED) is 0.790. The molecule has 0 saturated heterocycles. The van der Waals surface area contributed by atoms with Crippen LogP contribution in [0.5, 0.6) is 0 Å². The van der Waals surface area contributed by atoms with Crippen LogP contribution in [0.4, 0.5) is 23.7 Å². The van der Waals surface area contributed by atoms with Crippen LogP contribution < -0.4 is 10.6 Å². The van der Waals surface area contributed by atoms with Crippen molar-refractivity contribution < 1.29 is 23.1 Å². The van der Waals surface area contributed by atoms with Crippen LogP contribution in [0, 0.1) is 0 Å². The van der Waals surface area contributed by atoms with Crippen molar-refractivity contribution in [1.82, 2.24) is 5.32 Å². The van der Waals surface area contributed by atoms with Gasteiger partial charge in [0.15, 0.2) is 0 Å². The molecule has 2 amide bonds. The minimum Gasteiger partial charge on any atom is -0.383 e. The Morgan fingerprint density at radius 3 is 2.52 bits per heavy atom. The molecule has 1 heterocycles. The van der Waals surface area contributed by atoms with Gasteiger partial charge in [-0.3, -0.25) is 0 Å². The molecule has 0 aliphatic carbocycles. The van der Waals surface area contributed by atoms with Crippen LogP contribution in [0.15, 0.2) is 41.8 Å². The van der Waals surface area contributed by atoms with E-state index in [0.29, 0.717) is 4.88 Å². The van der Waals surface area contributed by atoms with Gasteiger partial charge >= 0.3 is 12.2 Å². The maximum atomic E-state index is 12.8. The number of nitrogens with one attached hydrogen (secondary N) is 2. The molecule has 0 fully saturated rings. The number of thiophene rings is 1. The number of amides is 2. The van der Waals surface area contributed by atoms with Gasteiger partial charge in [-0.05, 0) is 30.5 Å². The molecule has 2 aromatic rings. The van der Waals surface area contributed by atoms with Gasteiger partial charge in [-0.15, -0.1) is 11.3 Å². The van der Waals surface area contributed by atoms with Crippen molar-refractivity contribution in [1.29, 1.82) is 0 Å². The van der Waals surface area contributed by atoms with E-state index in [-0.39, 0.29) is 12.2 Å². The standard InChI is InChI=1S/C15H15F3N2O2S/c1-14(22,12-7-4-8-23-12)9-19-13(21)20-11-6-3-2-5-10(11)15(16,17)18/h2-8,22H,9H2,1H3,(H2,19,20,21). The summed E-state index contributed by atoms with van der Waals surface area (Å²) in [5.41, 5.74) is -2.57. The molecule has 3 N–H and O–H groups in total. The molecule has 0 radical (unpaired) electrons. The number of carbonyl (C=O) groups excluding carboxylic acids is 1. The van der Waals surface area contributed by atoms with E-state index in [9.17, 15) is 23.1 Å². The van der Waals surface area contributed by atoms with Crippen molar-refractivity contribution in [2.75, 3.05) is 11.9 Å². The van der Waals surface area contributed by atoms with Crippen LogP contribution in [0.2, 0.25) is 0 Å².